The molecule has 0 bridgehead atoms. The predicted molar refractivity (Wildman–Crippen MR) is 101 cm³/mol. The van der Waals surface area contributed by atoms with E-state index in [4.69, 9.17) is 0 Å². The summed E-state index contributed by atoms with van der Waals surface area (Å²) in [6.45, 7) is 0.178. The lowest BCUT2D eigenvalue weighted by atomic mass is 9.70. The molecule has 2 aromatic carbocycles. The number of hydrogen-bond donors (Lipinski definition) is 2. The van der Waals surface area contributed by atoms with Gasteiger partial charge >= 0.3 is 5.97 Å². The number of carboxylic acids is 1. The smallest absolute Gasteiger partial charge is 0.308 e. The minimum absolute atomic E-state index is 0.0409. The standard InChI is InChI=1S/C22H25NO3/c24-21(14-17-12-19(13-17)18-9-5-2-6-10-18)23-15-20(22(25)26)11-16-7-3-1-4-8-16/h1-10,17,19-20H,11-15H2,(H,23,24)(H,25,26). The fourth-order valence-corrected chi connectivity index (χ4v) is 3.62. The molecule has 1 aliphatic carbocycles. The van der Waals surface area contributed by atoms with Crippen LogP contribution in [-0.2, 0) is 16.0 Å². The Morgan fingerprint density at radius 3 is 2.23 bits per heavy atom. The zero-order valence-corrected chi connectivity index (χ0v) is 14.8. The van der Waals surface area contributed by atoms with Crippen molar-refractivity contribution in [2.75, 3.05) is 6.54 Å². The Morgan fingerprint density at radius 1 is 1.00 bits per heavy atom. The third kappa shape index (κ3) is 4.94. The molecule has 0 aliphatic heterocycles. The molecule has 2 N–H and O–H groups in total. The highest BCUT2D eigenvalue weighted by atomic mass is 16.4. The first-order chi connectivity index (χ1) is 12.6. The monoisotopic (exact) mass is 351 g/mol. The van der Waals surface area contributed by atoms with Gasteiger partial charge in [0.1, 0.15) is 0 Å². The molecule has 2 aromatic rings. The highest BCUT2D eigenvalue weighted by molar-refractivity contribution is 5.77. The van der Waals surface area contributed by atoms with E-state index in [1.54, 1.807) is 0 Å². The Morgan fingerprint density at radius 2 is 1.62 bits per heavy atom. The molecular formula is C22H25NO3. The Labute approximate surface area is 154 Å². The van der Waals surface area contributed by atoms with Crippen molar-refractivity contribution < 1.29 is 14.7 Å². The summed E-state index contributed by atoms with van der Waals surface area (Å²) >= 11 is 0. The van der Waals surface area contributed by atoms with E-state index in [1.807, 2.05) is 48.5 Å². The summed E-state index contributed by atoms with van der Waals surface area (Å²) in [5.41, 5.74) is 2.32. The number of aliphatic carboxylic acids is 1. The SMILES string of the molecule is O=C(CC1CC(c2ccccc2)C1)NCC(Cc1ccccc1)C(=O)O. The summed E-state index contributed by atoms with van der Waals surface area (Å²) in [4.78, 5) is 23.6. The van der Waals surface area contributed by atoms with Crippen molar-refractivity contribution in [1.82, 2.24) is 5.32 Å². The van der Waals surface area contributed by atoms with Crippen molar-refractivity contribution in [1.29, 1.82) is 0 Å². The quantitative estimate of drug-likeness (QED) is 0.763. The van der Waals surface area contributed by atoms with Crippen LogP contribution >= 0.6 is 0 Å². The molecule has 0 spiro atoms. The normalized spacial score (nSPS) is 20.0. The van der Waals surface area contributed by atoms with Crippen LogP contribution in [0.2, 0.25) is 0 Å². The summed E-state index contributed by atoms with van der Waals surface area (Å²) in [6.07, 6.45) is 2.98. The molecule has 0 aromatic heterocycles. The Bertz CT molecular complexity index is 724. The molecule has 1 fully saturated rings. The van der Waals surface area contributed by atoms with Crippen molar-refractivity contribution in [2.45, 2.75) is 31.6 Å². The van der Waals surface area contributed by atoms with Gasteiger partial charge < -0.3 is 10.4 Å². The van der Waals surface area contributed by atoms with E-state index in [9.17, 15) is 14.7 Å². The molecule has 136 valence electrons. The zero-order valence-electron chi connectivity index (χ0n) is 14.8. The number of nitrogens with one attached hydrogen (secondary N) is 1. The van der Waals surface area contributed by atoms with Gasteiger partial charge in [0, 0.05) is 13.0 Å². The number of carboxylic acid groups (broad SMARTS) is 1. The molecule has 3 rings (SSSR count). The highest BCUT2D eigenvalue weighted by Crippen LogP contribution is 2.43. The van der Waals surface area contributed by atoms with Crippen molar-refractivity contribution >= 4 is 11.9 Å². The van der Waals surface area contributed by atoms with E-state index in [0.29, 0.717) is 24.7 Å². The van der Waals surface area contributed by atoms with Crippen LogP contribution in [0.25, 0.3) is 0 Å². The lowest BCUT2D eigenvalue weighted by Gasteiger charge is -2.35. The summed E-state index contributed by atoms with van der Waals surface area (Å²) in [5.74, 6) is -0.556. The fraction of sp³-hybridized carbons (Fsp3) is 0.364. The minimum Gasteiger partial charge on any atom is -0.481 e. The molecule has 0 heterocycles. The van der Waals surface area contributed by atoms with E-state index in [2.05, 4.69) is 17.4 Å². The molecule has 1 atom stereocenters. The first kappa shape index (κ1) is 18.2. The average molecular weight is 351 g/mol. The van der Waals surface area contributed by atoms with Gasteiger partial charge in [-0.2, -0.15) is 0 Å². The predicted octanol–water partition coefficient (Wildman–Crippen LogP) is 3.63. The molecule has 26 heavy (non-hydrogen) atoms. The van der Waals surface area contributed by atoms with Gasteiger partial charge in [0.2, 0.25) is 5.91 Å². The van der Waals surface area contributed by atoms with E-state index >= 15 is 0 Å². The summed E-state index contributed by atoms with van der Waals surface area (Å²) < 4.78 is 0. The fourth-order valence-electron chi connectivity index (χ4n) is 3.62. The second-order valence-corrected chi connectivity index (χ2v) is 7.18. The van der Waals surface area contributed by atoms with Crippen molar-refractivity contribution in [2.24, 2.45) is 11.8 Å². The minimum atomic E-state index is -0.873. The van der Waals surface area contributed by atoms with Crippen LogP contribution < -0.4 is 5.32 Å². The van der Waals surface area contributed by atoms with Crippen molar-refractivity contribution in [3.05, 3.63) is 71.8 Å². The molecule has 1 unspecified atom stereocenters. The Kier molecular flexibility index (Phi) is 6.05. The number of rotatable bonds is 8. The van der Waals surface area contributed by atoms with Gasteiger partial charge in [-0.25, -0.2) is 0 Å². The number of carbonyl (C=O) groups excluding carboxylic acids is 1. The number of amides is 1. The Hall–Kier alpha value is -2.62. The largest absolute Gasteiger partial charge is 0.481 e. The maximum Gasteiger partial charge on any atom is 0.308 e. The van der Waals surface area contributed by atoms with E-state index in [1.165, 1.54) is 5.56 Å². The van der Waals surface area contributed by atoms with Gasteiger partial charge in [0.15, 0.2) is 0 Å². The molecule has 1 aliphatic rings. The van der Waals surface area contributed by atoms with Crippen molar-refractivity contribution in [3.63, 3.8) is 0 Å². The van der Waals surface area contributed by atoms with Crippen LogP contribution in [-0.4, -0.2) is 23.5 Å². The van der Waals surface area contributed by atoms with Gasteiger partial charge in [0.05, 0.1) is 5.92 Å². The van der Waals surface area contributed by atoms with Crippen LogP contribution in [0, 0.1) is 11.8 Å². The van der Waals surface area contributed by atoms with Gasteiger partial charge in [-0.3, -0.25) is 9.59 Å². The lowest BCUT2D eigenvalue weighted by Crippen LogP contribution is -2.36. The first-order valence-electron chi connectivity index (χ1n) is 9.20. The summed E-state index contributed by atoms with van der Waals surface area (Å²) in [5, 5.41) is 12.2. The maximum atomic E-state index is 12.2. The van der Waals surface area contributed by atoms with Crippen molar-refractivity contribution in [3.8, 4) is 0 Å². The van der Waals surface area contributed by atoms with E-state index in [-0.39, 0.29) is 12.5 Å². The van der Waals surface area contributed by atoms with Gasteiger partial charge in [-0.05, 0) is 42.2 Å². The van der Waals surface area contributed by atoms with Gasteiger partial charge in [-0.15, -0.1) is 0 Å². The molecule has 1 saturated carbocycles. The molecule has 4 nitrogen and oxygen atoms in total. The summed E-state index contributed by atoms with van der Waals surface area (Å²) in [6, 6.07) is 19.9. The second kappa shape index (κ2) is 8.65. The van der Waals surface area contributed by atoms with E-state index < -0.39 is 11.9 Å². The second-order valence-electron chi connectivity index (χ2n) is 7.18. The molecule has 0 radical (unpaired) electrons. The maximum absolute atomic E-state index is 12.2. The van der Waals surface area contributed by atoms with Crippen LogP contribution in [0.3, 0.4) is 0 Å². The molecular weight excluding hydrogens is 326 g/mol. The highest BCUT2D eigenvalue weighted by Gasteiger charge is 2.31. The zero-order chi connectivity index (χ0) is 18.4. The topological polar surface area (TPSA) is 66.4 Å². The third-order valence-corrected chi connectivity index (χ3v) is 5.20. The Balaban J connectivity index is 1.41. The number of benzene rings is 2. The number of carbonyl (C=O) groups is 2. The summed E-state index contributed by atoms with van der Waals surface area (Å²) in [7, 11) is 0. The lowest BCUT2D eigenvalue weighted by molar-refractivity contribution is -0.141. The number of hydrogen-bond acceptors (Lipinski definition) is 2. The van der Waals surface area contributed by atoms with Gasteiger partial charge in [0.25, 0.3) is 0 Å². The third-order valence-electron chi connectivity index (χ3n) is 5.20. The average Bonchev–Trinajstić information content (AvgIpc) is 2.62. The van der Waals surface area contributed by atoms with Crippen LogP contribution in [0.15, 0.2) is 60.7 Å². The van der Waals surface area contributed by atoms with Crippen LogP contribution in [0.1, 0.15) is 36.3 Å². The molecule has 0 saturated heterocycles. The molecule has 1 amide bonds. The molecule has 4 heteroatoms. The van der Waals surface area contributed by atoms with Crippen LogP contribution in [0.5, 0.6) is 0 Å². The van der Waals surface area contributed by atoms with Gasteiger partial charge in [-0.1, -0.05) is 60.7 Å². The van der Waals surface area contributed by atoms with Crippen LogP contribution in [0.4, 0.5) is 0 Å². The van der Waals surface area contributed by atoms with E-state index in [0.717, 1.165) is 18.4 Å². The first-order valence-corrected chi connectivity index (χ1v) is 9.20.